The maximum atomic E-state index is 4.33. The molecule has 0 aliphatic carbocycles. The summed E-state index contributed by atoms with van der Waals surface area (Å²) in [6.45, 7) is 0. The highest BCUT2D eigenvalue weighted by atomic mass is 16.4. The lowest BCUT2D eigenvalue weighted by molar-refractivity contribution is 0.232. The summed E-state index contributed by atoms with van der Waals surface area (Å²) in [5.74, 6) is 2.43. The molecule has 0 aromatic heterocycles. The van der Waals surface area contributed by atoms with Crippen molar-refractivity contribution in [2.24, 2.45) is 0 Å². The van der Waals surface area contributed by atoms with Gasteiger partial charge in [-0.15, -0.1) is 0 Å². The molecule has 0 atom stereocenters. The molecule has 0 unspecified atom stereocenters. The predicted molar refractivity (Wildman–Crippen MR) is 19.2 cm³/mol. The molecule has 0 aromatic rings. The Morgan fingerprint density at radius 2 is 3.00 bits per heavy atom. The zero-order chi connectivity index (χ0) is 3.54. The monoisotopic (exact) mass is 67.0 g/mol. The minimum atomic E-state index is 0. The average Bonchev–Trinajstić information content (AvgIpc) is 1.76. The molecule has 24 valence electrons. The van der Waals surface area contributed by atoms with Gasteiger partial charge in [-0.25, -0.2) is 0 Å². The van der Waals surface area contributed by atoms with Crippen molar-refractivity contribution in [2.75, 3.05) is 0 Å². The van der Waals surface area contributed by atoms with Crippen LogP contribution in [0.2, 0.25) is 0 Å². The molecule has 0 bridgehead atoms. The van der Waals surface area contributed by atoms with E-state index in [0.29, 0.717) is 0 Å². The maximum Gasteiger partial charge on any atom is 1.00 e. The molecule has 0 N–H and O–H groups in total. The van der Waals surface area contributed by atoms with Gasteiger partial charge in [-0.1, -0.05) is 12.2 Å². The van der Waals surface area contributed by atoms with Crippen molar-refractivity contribution in [3.8, 4) is 0 Å². The van der Waals surface area contributed by atoms with Crippen molar-refractivity contribution in [3.05, 3.63) is 18.4 Å². The van der Waals surface area contributed by atoms with Gasteiger partial charge in [0.15, 0.2) is 0 Å². The minimum absolute atomic E-state index is 0. The van der Waals surface area contributed by atoms with Crippen LogP contribution in [0.5, 0.6) is 0 Å². The molecule has 1 aliphatic heterocycles. The van der Waals surface area contributed by atoms with Crippen molar-refractivity contribution >= 4 is 5.94 Å². The van der Waals surface area contributed by atoms with E-state index in [1.54, 1.807) is 12.2 Å². The summed E-state index contributed by atoms with van der Waals surface area (Å²) < 4.78 is 4.33. The molecule has 0 spiro atoms. The van der Waals surface area contributed by atoms with E-state index >= 15 is 0 Å². The molecule has 0 aromatic carbocycles. The van der Waals surface area contributed by atoms with Crippen molar-refractivity contribution in [1.29, 1.82) is 0 Å². The van der Waals surface area contributed by atoms with Gasteiger partial charge in [-0.05, 0) is 0 Å². The summed E-state index contributed by atoms with van der Waals surface area (Å²) in [4.78, 5) is 0. The fourth-order valence-electron chi connectivity index (χ4n) is 0.170. The van der Waals surface area contributed by atoms with Crippen LogP contribution in [0.15, 0.2) is 12.2 Å². The van der Waals surface area contributed by atoms with Crippen molar-refractivity contribution in [3.63, 3.8) is 0 Å². The number of carbonyl (C=O) groups excluding carboxylic acids is 1. The molecule has 0 fully saturated rings. The van der Waals surface area contributed by atoms with Gasteiger partial charge in [0.1, 0.15) is 5.94 Å². The summed E-state index contributed by atoms with van der Waals surface area (Å²) in [6.07, 6.45) is 5.74. The Bertz CT molecular complexity index is 98.7. The lowest BCUT2D eigenvalue weighted by Gasteiger charge is -1.42. The van der Waals surface area contributed by atoms with Gasteiger partial charge in [0.25, 0.3) is 0 Å². The number of allylic oxidation sites excluding steroid dienone is 2. The third-order valence-electron chi connectivity index (χ3n) is 0.337. The summed E-state index contributed by atoms with van der Waals surface area (Å²) in [6, 6.07) is 0. The van der Waals surface area contributed by atoms with Crippen LogP contribution in [0.4, 0.5) is 0 Å². The number of rotatable bonds is 0. The van der Waals surface area contributed by atoms with Gasteiger partial charge < -0.3 is 4.42 Å². The van der Waals surface area contributed by atoms with Gasteiger partial charge in [-0.2, -0.15) is 0 Å². The zero-order valence-corrected chi connectivity index (χ0v) is 2.56. The molecule has 0 saturated carbocycles. The summed E-state index contributed by atoms with van der Waals surface area (Å²) in [5.41, 5.74) is 0. The molecular formula is C4H3O+. The highest BCUT2D eigenvalue weighted by Gasteiger charge is 1.67. The molecule has 0 amide bonds. The second-order valence-corrected chi connectivity index (χ2v) is 0.671. The fraction of sp³-hybridized carbons (Fsp3) is 0. The largest absolute Gasteiger partial charge is 1.00 e. The normalized spacial score (nSPS) is 14.4. The minimum Gasteiger partial charge on any atom is -0.300 e. The van der Waals surface area contributed by atoms with Crippen LogP contribution in [0.1, 0.15) is 1.43 Å². The van der Waals surface area contributed by atoms with Crippen molar-refractivity contribution in [1.82, 2.24) is 0 Å². The highest BCUT2D eigenvalue weighted by molar-refractivity contribution is 5.51. The second-order valence-electron chi connectivity index (χ2n) is 0.671. The van der Waals surface area contributed by atoms with Crippen LogP contribution in [-0.2, 0) is 4.42 Å². The van der Waals surface area contributed by atoms with E-state index in [-0.39, 0.29) is 1.43 Å². The van der Waals surface area contributed by atoms with Crippen molar-refractivity contribution < 1.29 is 5.85 Å². The van der Waals surface area contributed by atoms with E-state index in [9.17, 15) is 0 Å². The maximum absolute atomic E-state index is 4.33. The van der Waals surface area contributed by atoms with Gasteiger partial charge in [0.05, 0.1) is 0 Å². The quantitative estimate of drug-likeness (QED) is 0.220. The van der Waals surface area contributed by atoms with E-state index in [4.69, 9.17) is 0 Å². The second kappa shape index (κ2) is 0.871. The highest BCUT2D eigenvalue weighted by Crippen LogP contribution is 1.70. The zero-order valence-electron chi connectivity index (χ0n) is 3.56. The fourth-order valence-corrected chi connectivity index (χ4v) is 0.170. The number of hydrogen-bond acceptors (Lipinski definition) is 0. The lowest BCUT2D eigenvalue weighted by atomic mass is 10.6. The van der Waals surface area contributed by atoms with Gasteiger partial charge in [-0.3, -0.25) is 0 Å². The summed E-state index contributed by atoms with van der Waals surface area (Å²) in [5, 5.41) is 0. The van der Waals surface area contributed by atoms with Crippen LogP contribution in [0.25, 0.3) is 0 Å². The van der Waals surface area contributed by atoms with Crippen molar-refractivity contribution in [2.45, 2.75) is 0 Å². The van der Waals surface area contributed by atoms with E-state index < -0.39 is 0 Å². The molecular weight excluding hydrogens is 64.0 g/mol. The molecule has 1 heterocycles. The predicted octanol–water partition coefficient (Wildman–Crippen LogP) is 0.353. The Labute approximate surface area is 31.4 Å². The van der Waals surface area contributed by atoms with Crippen LogP contribution in [0.3, 0.4) is 0 Å². The Morgan fingerprint density at radius 3 is 3.20 bits per heavy atom. The van der Waals surface area contributed by atoms with Crippen LogP contribution < -0.4 is 0 Å². The lowest BCUT2D eigenvalue weighted by Crippen LogP contribution is -1.42. The molecule has 1 nitrogen and oxygen atoms in total. The first-order valence-corrected chi connectivity index (χ1v) is 1.32. The van der Waals surface area contributed by atoms with Crippen LogP contribution >= 0.6 is 0 Å². The molecule has 0 radical (unpaired) electrons. The molecule has 0 saturated heterocycles. The van der Waals surface area contributed by atoms with Gasteiger partial charge >= 0.3 is 7.69 Å². The van der Waals surface area contributed by atoms with E-state index in [0.717, 1.165) is 0 Å². The smallest absolute Gasteiger partial charge is 0.300 e. The van der Waals surface area contributed by atoms with E-state index in [2.05, 4.69) is 16.6 Å². The average molecular weight is 67.1 g/mol. The van der Waals surface area contributed by atoms with Crippen LogP contribution in [-0.4, -0.2) is 5.94 Å². The SMILES string of the molecule is C1=CC=[C-][O+]=1.[H+]. The first kappa shape index (κ1) is 2.43. The van der Waals surface area contributed by atoms with Gasteiger partial charge in [0, 0.05) is 0 Å². The Kier molecular flexibility index (Phi) is 0.423. The molecule has 1 heteroatoms. The summed E-state index contributed by atoms with van der Waals surface area (Å²) >= 11 is 0. The molecule has 1 aliphatic rings. The van der Waals surface area contributed by atoms with E-state index in [1.807, 2.05) is 0 Å². The molecule has 5 heavy (non-hydrogen) atoms. The third-order valence-corrected chi connectivity index (χ3v) is 0.337. The third kappa shape index (κ3) is 0.257. The summed E-state index contributed by atoms with van der Waals surface area (Å²) in [7, 11) is 0. The Hall–Kier alpha value is -0.810. The molecule has 1 rings (SSSR count). The topological polar surface area (TPSA) is 11.3 Å². The first-order valence-electron chi connectivity index (χ1n) is 1.32. The number of hydrogen-bond donors (Lipinski definition) is 0. The standard InChI is InChI=1S/C4H2O/c1-2-4-5-3-1/h1-2H/p+1. The Morgan fingerprint density at radius 1 is 2.00 bits per heavy atom. The Balaban J connectivity index is 0.000000250. The van der Waals surface area contributed by atoms with Crippen LogP contribution in [0, 0.1) is 6.26 Å². The van der Waals surface area contributed by atoms with Gasteiger partial charge in [0.2, 0.25) is 0 Å². The van der Waals surface area contributed by atoms with E-state index in [1.165, 1.54) is 0 Å². The first-order chi connectivity index (χ1) is 2.50.